The van der Waals surface area contributed by atoms with Crippen molar-refractivity contribution in [3.8, 4) is 17.5 Å². The summed E-state index contributed by atoms with van der Waals surface area (Å²) in [7, 11) is 4.07. The molecule has 1 amide bonds. The van der Waals surface area contributed by atoms with E-state index in [2.05, 4.69) is 28.1 Å². The van der Waals surface area contributed by atoms with Crippen LogP contribution >= 0.6 is 0 Å². The van der Waals surface area contributed by atoms with Gasteiger partial charge in [-0.1, -0.05) is 19.8 Å². The van der Waals surface area contributed by atoms with Gasteiger partial charge in [0.2, 0.25) is 11.8 Å². The zero-order chi connectivity index (χ0) is 24.9. The maximum absolute atomic E-state index is 13.7. The monoisotopic (exact) mass is 466 g/mol. The first-order valence-electron chi connectivity index (χ1n) is 12.2. The first kappa shape index (κ1) is 25.9. The minimum Gasteiger partial charge on any atom is -0.419 e. The summed E-state index contributed by atoms with van der Waals surface area (Å²) in [4.78, 5) is 17.7. The Hall–Kier alpha value is -2.76. The highest BCUT2D eigenvalue weighted by Gasteiger charge is 2.37. The predicted octanol–water partition coefficient (Wildman–Crippen LogP) is 4.07. The number of hydrogen-bond donors (Lipinski definition) is 1. The molecule has 34 heavy (non-hydrogen) atoms. The molecule has 8 nitrogen and oxygen atoms in total. The predicted molar refractivity (Wildman–Crippen MR) is 132 cm³/mol. The Bertz CT molecular complexity index is 1020. The van der Waals surface area contributed by atoms with Crippen LogP contribution in [0, 0.1) is 11.3 Å². The van der Waals surface area contributed by atoms with Crippen molar-refractivity contribution in [2.75, 3.05) is 33.7 Å². The molecule has 0 aliphatic heterocycles. The van der Waals surface area contributed by atoms with Crippen LogP contribution in [0.25, 0.3) is 11.5 Å². The molecule has 2 aromatic rings. The largest absolute Gasteiger partial charge is 0.419 e. The fourth-order valence-corrected chi connectivity index (χ4v) is 4.54. The summed E-state index contributed by atoms with van der Waals surface area (Å²) in [5.41, 5.74) is 6.82. The van der Waals surface area contributed by atoms with Crippen molar-refractivity contribution < 1.29 is 9.21 Å². The Labute approximate surface area is 203 Å². The zero-order valence-electron chi connectivity index (χ0n) is 21.2. The molecule has 0 radical (unpaired) electrons. The third-order valence-electron chi connectivity index (χ3n) is 6.44. The van der Waals surface area contributed by atoms with Gasteiger partial charge in [0.15, 0.2) is 0 Å². The molecule has 1 aliphatic carbocycles. The number of nitrogens with two attached hydrogens (primary N) is 1. The highest BCUT2D eigenvalue weighted by atomic mass is 16.4. The van der Waals surface area contributed by atoms with Gasteiger partial charge in [-0.25, -0.2) is 0 Å². The van der Waals surface area contributed by atoms with Crippen LogP contribution in [-0.4, -0.2) is 59.6 Å². The summed E-state index contributed by atoms with van der Waals surface area (Å²) in [5, 5.41) is 18.4. The number of amides is 1. The molecule has 1 aromatic heterocycles. The maximum Gasteiger partial charge on any atom is 0.253 e. The van der Waals surface area contributed by atoms with E-state index >= 15 is 0 Å². The first-order valence-corrected chi connectivity index (χ1v) is 12.2. The van der Waals surface area contributed by atoms with Gasteiger partial charge in [-0.15, -0.1) is 10.2 Å². The van der Waals surface area contributed by atoms with Gasteiger partial charge in [-0.05, 0) is 83.9 Å². The molecule has 0 spiro atoms. The summed E-state index contributed by atoms with van der Waals surface area (Å²) >= 11 is 0. The van der Waals surface area contributed by atoms with Crippen molar-refractivity contribution in [3.63, 3.8) is 0 Å². The van der Waals surface area contributed by atoms with E-state index in [0.717, 1.165) is 50.6 Å². The molecule has 1 aliphatic rings. The number of nitriles is 1. The fourth-order valence-electron chi connectivity index (χ4n) is 4.54. The third-order valence-corrected chi connectivity index (χ3v) is 6.44. The summed E-state index contributed by atoms with van der Waals surface area (Å²) in [5.74, 6) is 0.604. The molecule has 1 fully saturated rings. The highest BCUT2D eigenvalue weighted by Crippen LogP contribution is 2.42. The number of carbonyl (C=O) groups is 1. The molecule has 1 heterocycles. The average Bonchev–Trinajstić information content (AvgIpc) is 3.48. The summed E-state index contributed by atoms with van der Waals surface area (Å²) < 4.78 is 5.89. The van der Waals surface area contributed by atoms with Crippen LogP contribution in [0.1, 0.15) is 81.1 Å². The molecule has 3 rings (SSSR count). The second-order valence-corrected chi connectivity index (χ2v) is 10.3. The van der Waals surface area contributed by atoms with Gasteiger partial charge in [0.05, 0.1) is 17.0 Å². The van der Waals surface area contributed by atoms with Gasteiger partial charge in [-0.3, -0.25) is 4.79 Å². The van der Waals surface area contributed by atoms with Crippen molar-refractivity contribution in [1.29, 1.82) is 5.26 Å². The highest BCUT2D eigenvalue weighted by molar-refractivity contribution is 5.95. The van der Waals surface area contributed by atoms with Crippen LogP contribution < -0.4 is 5.73 Å². The van der Waals surface area contributed by atoms with Gasteiger partial charge in [0.25, 0.3) is 5.91 Å². The average molecular weight is 467 g/mol. The van der Waals surface area contributed by atoms with Crippen molar-refractivity contribution >= 4 is 5.91 Å². The van der Waals surface area contributed by atoms with E-state index in [1.54, 1.807) is 19.9 Å². The van der Waals surface area contributed by atoms with Gasteiger partial charge in [0, 0.05) is 24.2 Å². The van der Waals surface area contributed by atoms with Gasteiger partial charge in [0.1, 0.15) is 0 Å². The normalized spacial score (nSPS) is 15.5. The molecule has 0 saturated heterocycles. The van der Waals surface area contributed by atoms with Crippen molar-refractivity contribution in [2.45, 2.75) is 70.3 Å². The molecule has 0 bridgehead atoms. The number of carbonyl (C=O) groups excluding carboxylic acids is 1. The van der Waals surface area contributed by atoms with E-state index in [4.69, 9.17) is 10.2 Å². The number of hydrogen-bond acceptors (Lipinski definition) is 7. The molecule has 1 saturated carbocycles. The first-order chi connectivity index (χ1) is 16.1. The Kier molecular flexibility index (Phi) is 8.11. The number of nitrogens with zero attached hydrogens (tertiary/aromatic N) is 5. The van der Waals surface area contributed by atoms with Crippen LogP contribution in [0.3, 0.4) is 0 Å². The van der Waals surface area contributed by atoms with Crippen LogP contribution in [0.4, 0.5) is 0 Å². The SMILES string of the molecule is CCCN(CCCN(C)C)C(=O)c1cc(-c2nnc(C(C)(C)N)o2)cc(C2(C#N)CCCC2)c1. The van der Waals surface area contributed by atoms with Crippen LogP contribution in [0.5, 0.6) is 0 Å². The molecule has 0 atom stereocenters. The Balaban J connectivity index is 2.04. The van der Waals surface area contributed by atoms with Crippen LogP contribution in [-0.2, 0) is 11.0 Å². The summed E-state index contributed by atoms with van der Waals surface area (Å²) in [6.07, 6.45) is 5.34. The second-order valence-electron chi connectivity index (χ2n) is 10.3. The Morgan fingerprint density at radius 3 is 2.44 bits per heavy atom. The van der Waals surface area contributed by atoms with E-state index in [1.807, 2.05) is 31.1 Å². The summed E-state index contributed by atoms with van der Waals surface area (Å²) in [6.45, 7) is 7.95. The van der Waals surface area contributed by atoms with E-state index in [1.165, 1.54) is 0 Å². The zero-order valence-corrected chi connectivity index (χ0v) is 21.2. The Morgan fingerprint density at radius 1 is 1.18 bits per heavy atom. The molecular weight excluding hydrogens is 428 g/mol. The Morgan fingerprint density at radius 2 is 1.88 bits per heavy atom. The van der Waals surface area contributed by atoms with E-state index in [9.17, 15) is 10.1 Å². The third kappa shape index (κ3) is 5.83. The van der Waals surface area contributed by atoms with Gasteiger partial charge < -0.3 is 20.0 Å². The van der Waals surface area contributed by atoms with E-state index < -0.39 is 11.0 Å². The minimum atomic E-state index is -0.773. The van der Waals surface area contributed by atoms with Crippen molar-refractivity contribution in [1.82, 2.24) is 20.0 Å². The van der Waals surface area contributed by atoms with Gasteiger partial charge >= 0.3 is 0 Å². The lowest BCUT2D eigenvalue weighted by molar-refractivity contribution is 0.0750. The fraction of sp³-hybridized carbons (Fsp3) is 0.615. The summed E-state index contributed by atoms with van der Waals surface area (Å²) in [6, 6.07) is 8.19. The minimum absolute atomic E-state index is 0.0336. The van der Waals surface area contributed by atoms with E-state index in [-0.39, 0.29) is 5.91 Å². The van der Waals surface area contributed by atoms with Crippen molar-refractivity contribution in [2.24, 2.45) is 5.73 Å². The molecule has 1 aromatic carbocycles. The molecular formula is C26H38N6O2. The molecule has 8 heteroatoms. The maximum atomic E-state index is 13.7. The molecule has 0 unspecified atom stereocenters. The topological polar surface area (TPSA) is 112 Å². The number of rotatable bonds is 10. The lowest BCUT2D eigenvalue weighted by atomic mass is 9.79. The second kappa shape index (κ2) is 10.7. The quantitative estimate of drug-likeness (QED) is 0.561. The van der Waals surface area contributed by atoms with Crippen molar-refractivity contribution in [3.05, 3.63) is 35.2 Å². The van der Waals surface area contributed by atoms with Gasteiger partial charge in [-0.2, -0.15) is 5.26 Å². The number of benzene rings is 1. The molecule has 184 valence electrons. The number of aromatic nitrogens is 2. The van der Waals surface area contributed by atoms with Crippen LogP contribution in [0.15, 0.2) is 22.6 Å². The lowest BCUT2D eigenvalue weighted by Gasteiger charge is -2.25. The standard InChI is InChI=1S/C26H38N6O2/c1-6-12-32(14-9-13-31(4)5)23(33)20-15-19(22-29-30-24(34-22)25(2,3)28)16-21(17-20)26(18-27)10-7-8-11-26/h15-17H,6-14,28H2,1-5H3. The smallest absolute Gasteiger partial charge is 0.253 e. The molecule has 2 N–H and O–H groups in total. The van der Waals surface area contributed by atoms with Crippen LogP contribution in [0.2, 0.25) is 0 Å². The lowest BCUT2D eigenvalue weighted by Crippen LogP contribution is -2.34. The van der Waals surface area contributed by atoms with E-state index in [0.29, 0.717) is 36.0 Å².